The van der Waals surface area contributed by atoms with E-state index in [1.807, 2.05) is 0 Å². The normalized spacial score (nSPS) is 17.4. The van der Waals surface area contributed by atoms with E-state index >= 15 is 0 Å². The third-order valence-corrected chi connectivity index (χ3v) is 7.27. The molecule has 3 rings (SSSR count). The average molecular weight is 427 g/mol. The van der Waals surface area contributed by atoms with Crippen LogP contribution in [0.25, 0.3) is 0 Å². The van der Waals surface area contributed by atoms with Crippen molar-refractivity contribution in [1.82, 2.24) is 14.9 Å². The summed E-state index contributed by atoms with van der Waals surface area (Å²) in [4.78, 5) is 23.8. The molecular weight excluding hydrogens is 409 g/mol. The molecule has 2 heterocycles. The molecule has 0 radical (unpaired) electrons. The molecule has 1 atom stereocenters. The predicted octanol–water partition coefficient (Wildman–Crippen LogP) is 0.667. The number of halogens is 1. The number of carbonyl (C=O) groups excluding carboxylic acids is 2. The number of hydrogen-bond acceptors (Lipinski definition) is 6. The van der Waals surface area contributed by atoms with Gasteiger partial charge in [0.05, 0.1) is 13.2 Å². The molecule has 0 aliphatic carbocycles. The van der Waals surface area contributed by atoms with Crippen molar-refractivity contribution in [3.8, 4) is 0 Å². The first kappa shape index (κ1) is 20.4. The molecule has 1 aromatic heterocycles. The Labute approximate surface area is 165 Å². The van der Waals surface area contributed by atoms with E-state index in [1.54, 1.807) is 11.4 Å². The molecule has 28 heavy (non-hydrogen) atoms. The van der Waals surface area contributed by atoms with Gasteiger partial charge in [0.15, 0.2) is 0 Å². The van der Waals surface area contributed by atoms with E-state index in [-0.39, 0.29) is 30.5 Å². The van der Waals surface area contributed by atoms with Crippen LogP contribution in [0.4, 0.5) is 4.39 Å². The number of rotatable bonds is 6. The van der Waals surface area contributed by atoms with E-state index < -0.39 is 33.9 Å². The van der Waals surface area contributed by atoms with Crippen LogP contribution >= 0.6 is 11.3 Å². The molecule has 1 aromatic carbocycles. The zero-order valence-corrected chi connectivity index (χ0v) is 16.3. The fraction of sp³-hybridized carbons (Fsp3) is 0.294. The Balaban J connectivity index is 1.51. The number of thiophene rings is 1. The highest BCUT2D eigenvalue weighted by molar-refractivity contribution is 7.91. The van der Waals surface area contributed by atoms with Crippen LogP contribution in [0, 0.1) is 5.82 Å². The maximum absolute atomic E-state index is 12.9. The van der Waals surface area contributed by atoms with Crippen LogP contribution in [0.3, 0.4) is 0 Å². The summed E-state index contributed by atoms with van der Waals surface area (Å²) in [6.07, 6.45) is -0.888. The van der Waals surface area contributed by atoms with Crippen molar-refractivity contribution >= 4 is 33.2 Å². The summed E-state index contributed by atoms with van der Waals surface area (Å²) in [5.74, 6) is -2.19. The van der Waals surface area contributed by atoms with Crippen LogP contribution in [0.1, 0.15) is 5.56 Å². The van der Waals surface area contributed by atoms with Gasteiger partial charge in [0, 0.05) is 13.1 Å². The first-order chi connectivity index (χ1) is 13.4. The van der Waals surface area contributed by atoms with E-state index in [9.17, 15) is 22.4 Å². The second kappa shape index (κ2) is 8.78. The van der Waals surface area contributed by atoms with Gasteiger partial charge >= 0.3 is 11.8 Å². The summed E-state index contributed by atoms with van der Waals surface area (Å²) in [6, 6.07) is 8.62. The second-order valence-electron chi connectivity index (χ2n) is 5.89. The van der Waals surface area contributed by atoms with Crippen LogP contribution in [0.15, 0.2) is 46.0 Å². The quantitative estimate of drug-likeness (QED) is 0.660. The zero-order valence-electron chi connectivity index (χ0n) is 14.6. The number of benzene rings is 1. The monoisotopic (exact) mass is 427 g/mol. The summed E-state index contributed by atoms with van der Waals surface area (Å²) in [5.41, 5.74) is 0.634. The molecule has 2 amide bonds. The number of amides is 2. The van der Waals surface area contributed by atoms with Gasteiger partial charge in [-0.25, -0.2) is 12.8 Å². The topological polar surface area (TPSA) is 105 Å². The van der Waals surface area contributed by atoms with Crippen molar-refractivity contribution in [2.24, 2.45) is 0 Å². The maximum Gasteiger partial charge on any atom is 0.309 e. The Hall–Kier alpha value is -2.34. The minimum absolute atomic E-state index is 0.0609. The predicted molar refractivity (Wildman–Crippen MR) is 99.2 cm³/mol. The van der Waals surface area contributed by atoms with E-state index in [4.69, 9.17) is 4.74 Å². The molecule has 8 nitrogen and oxygen atoms in total. The first-order valence-corrected chi connectivity index (χ1v) is 10.7. The lowest BCUT2D eigenvalue weighted by atomic mass is 10.2. The fourth-order valence-electron chi connectivity index (χ4n) is 2.59. The van der Waals surface area contributed by atoms with Crippen molar-refractivity contribution in [1.29, 1.82) is 0 Å². The Morgan fingerprint density at radius 3 is 2.57 bits per heavy atom. The smallest absolute Gasteiger partial charge is 0.309 e. The summed E-state index contributed by atoms with van der Waals surface area (Å²) < 4.78 is 44.8. The maximum atomic E-state index is 12.9. The first-order valence-electron chi connectivity index (χ1n) is 8.35. The number of sulfonamides is 1. The summed E-state index contributed by atoms with van der Waals surface area (Å²) in [7, 11) is -3.72. The second-order valence-corrected chi connectivity index (χ2v) is 8.96. The van der Waals surface area contributed by atoms with Gasteiger partial charge < -0.3 is 15.4 Å². The van der Waals surface area contributed by atoms with Gasteiger partial charge in [-0.3, -0.25) is 9.59 Å². The van der Waals surface area contributed by atoms with Crippen LogP contribution in [0.5, 0.6) is 0 Å². The Bertz CT molecular complexity index is 932. The third kappa shape index (κ3) is 4.73. The third-order valence-electron chi connectivity index (χ3n) is 4.01. The van der Waals surface area contributed by atoms with Crippen molar-refractivity contribution in [3.05, 3.63) is 53.2 Å². The van der Waals surface area contributed by atoms with Gasteiger partial charge in [0.25, 0.3) is 10.0 Å². The van der Waals surface area contributed by atoms with E-state index in [0.717, 1.165) is 15.6 Å². The van der Waals surface area contributed by atoms with Gasteiger partial charge in [-0.05, 0) is 29.1 Å². The SMILES string of the molecule is O=C(NCc1ccc(F)cc1)C(=O)NC[C@@H]1OCCN1S(=O)(=O)c1cccs1. The van der Waals surface area contributed by atoms with Crippen molar-refractivity contribution in [3.63, 3.8) is 0 Å². The number of carbonyl (C=O) groups is 2. The highest BCUT2D eigenvalue weighted by Crippen LogP contribution is 2.25. The lowest BCUT2D eigenvalue weighted by Crippen LogP contribution is -2.47. The molecule has 0 spiro atoms. The highest BCUT2D eigenvalue weighted by Gasteiger charge is 2.37. The van der Waals surface area contributed by atoms with Crippen molar-refractivity contribution in [2.75, 3.05) is 19.7 Å². The summed E-state index contributed by atoms with van der Waals surface area (Å²) in [6.45, 7) is 0.262. The molecule has 1 fully saturated rings. The van der Waals surface area contributed by atoms with Crippen LogP contribution in [0.2, 0.25) is 0 Å². The van der Waals surface area contributed by atoms with Gasteiger partial charge in [0.2, 0.25) is 0 Å². The molecule has 0 bridgehead atoms. The average Bonchev–Trinajstić information content (AvgIpc) is 3.37. The number of ether oxygens (including phenoxy) is 1. The van der Waals surface area contributed by atoms with E-state index in [1.165, 1.54) is 30.3 Å². The number of hydrogen-bond donors (Lipinski definition) is 2. The Morgan fingerprint density at radius 2 is 1.89 bits per heavy atom. The standard InChI is InChI=1S/C17H18FN3O5S2/c18-13-5-3-12(4-6-13)10-19-16(22)17(23)20-11-14-21(7-8-26-14)28(24,25)15-2-1-9-27-15/h1-6,9,14H,7-8,10-11H2,(H,19,22)(H,20,23)/t14-/m0/s1. The van der Waals surface area contributed by atoms with Gasteiger partial charge in [-0.15, -0.1) is 11.3 Å². The molecule has 2 aromatic rings. The lowest BCUT2D eigenvalue weighted by molar-refractivity contribution is -0.139. The highest BCUT2D eigenvalue weighted by atomic mass is 32.2. The van der Waals surface area contributed by atoms with Crippen molar-refractivity contribution < 1.29 is 27.1 Å². The molecule has 0 unspecified atom stereocenters. The largest absolute Gasteiger partial charge is 0.359 e. The molecule has 1 saturated heterocycles. The van der Waals surface area contributed by atoms with Crippen molar-refractivity contribution in [2.45, 2.75) is 17.0 Å². The molecule has 11 heteroatoms. The molecule has 2 N–H and O–H groups in total. The molecule has 1 aliphatic heterocycles. The van der Waals surface area contributed by atoms with Crippen LogP contribution < -0.4 is 10.6 Å². The fourth-order valence-corrected chi connectivity index (χ4v) is 5.22. The minimum atomic E-state index is -3.72. The van der Waals surface area contributed by atoms with E-state index in [2.05, 4.69) is 10.6 Å². The van der Waals surface area contributed by atoms with Crippen LogP contribution in [-0.2, 0) is 30.9 Å². The van der Waals surface area contributed by atoms with Gasteiger partial charge in [-0.1, -0.05) is 18.2 Å². The van der Waals surface area contributed by atoms with E-state index in [0.29, 0.717) is 5.56 Å². The lowest BCUT2D eigenvalue weighted by Gasteiger charge is -2.22. The van der Waals surface area contributed by atoms with Gasteiger partial charge in [0.1, 0.15) is 16.3 Å². The molecule has 1 aliphatic rings. The minimum Gasteiger partial charge on any atom is -0.359 e. The molecule has 0 saturated carbocycles. The zero-order chi connectivity index (χ0) is 20.1. The molecule has 150 valence electrons. The summed E-state index contributed by atoms with van der Waals surface area (Å²) >= 11 is 1.09. The summed E-state index contributed by atoms with van der Waals surface area (Å²) in [5, 5.41) is 6.45. The molecular formula is C17H18FN3O5S2. The number of nitrogens with one attached hydrogen (secondary N) is 2. The van der Waals surface area contributed by atoms with Gasteiger partial charge in [-0.2, -0.15) is 4.31 Å². The Kier molecular flexibility index (Phi) is 6.39. The van der Waals surface area contributed by atoms with Crippen LogP contribution in [-0.4, -0.2) is 50.5 Å². The number of nitrogens with zero attached hydrogens (tertiary/aromatic N) is 1. The Morgan fingerprint density at radius 1 is 1.18 bits per heavy atom.